The minimum absolute atomic E-state index is 0.0935. The number of amides is 1. The molecule has 6 heteroatoms. The molecule has 6 nitrogen and oxygen atoms in total. The molecule has 1 saturated heterocycles. The monoisotopic (exact) mass is 360 g/mol. The molecule has 2 aliphatic rings. The summed E-state index contributed by atoms with van der Waals surface area (Å²) >= 11 is 0. The number of aliphatic hydroxyl groups excluding tert-OH is 1. The largest absolute Gasteiger partial charge is 0.396 e. The number of nitrogens with one attached hydrogen (secondary N) is 1. The lowest BCUT2D eigenvalue weighted by Crippen LogP contribution is -2.63. The van der Waals surface area contributed by atoms with Crippen LogP contribution in [0.2, 0.25) is 0 Å². The first kappa shape index (κ1) is 19.1. The van der Waals surface area contributed by atoms with Crippen LogP contribution in [0.25, 0.3) is 0 Å². The summed E-state index contributed by atoms with van der Waals surface area (Å²) in [5.74, 6) is 1.19. The Morgan fingerprint density at radius 1 is 1.19 bits per heavy atom. The first-order valence-electron chi connectivity index (χ1n) is 9.72. The fourth-order valence-corrected chi connectivity index (χ4v) is 5.12. The highest BCUT2D eigenvalue weighted by Gasteiger charge is 2.53. The molecule has 3 rings (SSSR count). The maximum atomic E-state index is 12.6. The lowest BCUT2D eigenvalue weighted by molar-refractivity contribution is -0.0366. The number of anilines is 1. The fraction of sp³-hybridized carbons (Fsp3) is 0.750. The van der Waals surface area contributed by atoms with Crippen molar-refractivity contribution in [3.63, 3.8) is 0 Å². The Balaban J connectivity index is 1.59. The highest BCUT2D eigenvalue weighted by molar-refractivity contribution is 5.94. The van der Waals surface area contributed by atoms with Crippen molar-refractivity contribution in [1.82, 2.24) is 15.3 Å². The van der Waals surface area contributed by atoms with Crippen LogP contribution in [0.3, 0.4) is 0 Å². The standard InChI is InChI=1S/C20H32N4O2/c1-19(2)13-20(3,4)17(19)23-16(26)15-11-21-18(22-12-15)24-8-5-14(6-9-24)7-10-25/h11-12,14,17,25H,5-10,13H2,1-4H3,(H,23,26). The highest BCUT2D eigenvalue weighted by atomic mass is 16.3. The summed E-state index contributed by atoms with van der Waals surface area (Å²) in [5.41, 5.74) is 0.764. The molecule has 0 spiro atoms. The Morgan fingerprint density at radius 3 is 2.27 bits per heavy atom. The zero-order chi connectivity index (χ0) is 18.9. The van der Waals surface area contributed by atoms with Gasteiger partial charge in [-0.2, -0.15) is 0 Å². The number of nitrogens with zero attached hydrogens (tertiary/aromatic N) is 3. The topological polar surface area (TPSA) is 78.4 Å². The average molecular weight is 361 g/mol. The molecule has 0 radical (unpaired) electrons. The highest BCUT2D eigenvalue weighted by Crippen LogP contribution is 2.53. The van der Waals surface area contributed by atoms with Gasteiger partial charge in [0.25, 0.3) is 5.91 Å². The Kier molecular flexibility index (Phi) is 5.24. The van der Waals surface area contributed by atoms with Crippen LogP contribution in [0.5, 0.6) is 0 Å². The van der Waals surface area contributed by atoms with Crippen molar-refractivity contribution in [2.45, 2.75) is 59.4 Å². The van der Waals surface area contributed by atoms with Crippen molar-refractivity contribution in [2.75, 3.05) is 24.6 Å². The van der Waals surface area contributed by atoms with Crippen molar-refractivity contribution in [3.8, 4) is 0 Å². The van der Waals surface area contributed by atoms with Gasteiger partial charge in [-0.05, 0) is 42.4 Å². The predicted octanol–water partition coefficient (Wildman–Crippen LogP) is 2.63. The van der Waals surface area contributed by atoms with Crippen molar-refractivity contribution in [3.05, 3.63) is 18.0 Å². The van der Waals surface area contributed by atoms with Crippen molar-refractivity contribution < 1.29 is 9.90 Å². The molecule has 1 aromatic rings. The number of hydrogen-bond donors (Lipinski definition) is 2. The Bertz CT molecular complexity index is 620. The van der Waals surface area contributed by atoms with E-state index >= 15 is 0 Å². The molecule has 144 valence electrons. The van der Waals surface area contributed by atoms with Crippen LogP contribution in [-0.2, 0) is 0 Å². The number of aromatic nitrogens is 2. The summed E-state index contributed by atoms with van der Waals surface area (Å²) < 4.78 is 0. The minimum Gasteiger partial charge on any atom is -0.396 e. The van der Waals surface area contributed by atoms with Gasteiger partial charge in [0.15, 0.2) is 0 Å². The second-order valence-electron chi connectivity index (χ2n) is 9.27. The summed E-state index contributed by atoms with van der Waals surface area (Å²) in [6.07, 6.45) is 7.36. The summed E-state index contributed by atoms with van der Waals surface area (Å²) in [5, 5.41) is 12.2. The third-order valence-electron chi connectivity index (χ3n) is 6.08. The molecule has 1 amide bonds. The van der Waals surface area contributed by atoms with Crippen molar-refractivity contribution in [2.24, 2.45) is 16.7 Å². The van der Waals surface area contributed by atoms with E-state index in [1.165, 1.54) is 0 Å². The molecule has 1 saturated carbocycles. The summed E-state index contributed by atoms with van der Waals surface area (Å²) in [6.45, 7) is 10.9. The predicted molar refractivity (Wildman–Crippen MR) is 102 cm³/mol. The van der Waals surface area contributed by atoms with E-state index in [0.29, 0.717) is 17.4 Å². The number of aliphatic hydroxyl groups is 1. The van der Waals surface area contributed by atoms with Crippen LogP contribution >= 0.6 is 0 Å². The fourth-order valence-electron chi connectivity index (χ4n) is 5.12. The molecular formula is C20H32N4O2. The maximum Gasteiger partial charge on any atom is 0.254 e. The third kappa shape index (κ3) is 3.85. The normalized spacial score (nSPS) is 22.7. The smallest absolute Gasteiger partial charge is 0.254 e. The number of rotatable bonds is 5. The number of carbonyl (C=O) groups is 1. The molecule has 1 aromatic heterocycles. The van der Waals surface area contributed by atoms with Gasteiger partial charge in [-0.15, -0.1) is 0 Å². The maximum absolute atomic E-state index is 12.6. The van der Waals surface area contributed by atoms with Gasteiger partial charge in [-0.25, -0.2) is 9.97 Å². The molecule has 0 atom stereocenters. The summed E-state index contributed by atoms with van der Waals surface area (Å²) in [4.78, 5) is 23.6. The molecule has 1 aliphatic carbocycles. The zero-order valence-corrected chi connectivity index (χ0v) is 16.5. The lowest BCUT2D eigenvalue weighted by Gasteiger charge is -2.57. The molecule has 1 aliphatic heterocycles. The van der Waals surface area contributed by atoms with Crippen molar-refractivity contribution >= 4 is 11.9 Å². The Morgan fingerprint density at radius 2 is 1.77 bits per heavy atom. The minimum atomic E-state index is -0.0935. The number of hydrogen-bond acceptors (Lipinski definition) is 5. The zero-order valence-electron chi connectivity index (χ0n) is 16.5. The second kappa shape index (κ2) is 7.14. The van der Waals surface area contributed by atoms with Gasteiger partial charge in [0.05, 0.1) is 5.56 Å². The molecular weight excluding hydrogens is 328 g/mol. The van der Waals surface area contributed by atoms with E-state index in [2.05, 4.69) is 47.9 Å². The van der Waals surface area contributed by atoms with Gasteiger partial charge in [-0.3, -0.25) is 4.79 Å². The molecule has 26 heavy (non-hydrogen) atoms. The number of carbonyl (C=O) groups excluding carboxylic acids is 1. The SMILES string of the molecule is CC1(C)CC(C)(C)C1NC(=O)c1cnc(N2CCC(CCO)CC2)nc1. The van der Waals surface area contributed by atoms with Crippen LogP contribution < -0.4 is 10.2 Å². The molecule has 0 unspecified atom stereocenters. The molecule has 0 aromatic carbocycles. The van der Waals surface area contributed by atoms with E-state index in [1.54, 1.807) is 12.4 Å². The Hall–Kier alpha value is -1.69. The molecule has 2 fully saturated rings. The average Bonchev–Trinajstić information content (AvgIpc) is 2.59. The molecule has 2 N–H and O–H groups in total. The lowest BCUT2D eigenvalue weighted by atomic mass is 9.52. The van der Waals surface area contributed by atoms with Gasteiger partial charge < -0.3 is 15.3 Å². The van der Waals surface area contributed by atoms with Crippen LogP contribution in [0.15, 0.2) is 12.4 Å². The van der Waals surface area contributed by atoms with E-state index < -0.39 is 0 Å². The van der Waals surface area contributed by atoms with E-state index in [0.717, 1.165) is 38.8 Å². The van der Waals surface area contributed by atoms with E-state index in [1.807, 2.05) is 0 Å². The van der Waals surface area contributed by atoms with Crippen LogP contribution in [0.1, 0.15) is 63.7 Å². The van der Waals surface area contributed by atoms with Gasteiger partial charge in [0, 0.05) is 38.1 Å². The van der Waals surface area contributed by atoms with Crippen molar-refractivity contribution in [1.29, 1.82) is 0 Å². The summed E-state index contributed by atoms with van der Waals surface area (Å²) in [6, 6.07) is 0.160. The van der Waals surface area contributed by atoms with E-state index in [9.17, 15) is 4.79 Å². The van der Waals surface area contributed by atoms with Gasteiger partial charge in [0.1, 0.15) is 0 Å². The first-order valence-corrected chi connectivity index (χ1v) is 9.72. The first-order chi connectivity index (χ1) is 12.2. The summed E-state index contributed by atoms with van der Waals surface area (Å²) in [7, 11) is 0. The third-order valence-corrected chi connectivity index (χ3v) is 6.08. The van der Waals surface area contributed by atoms with E-state index in [-0.39, 0.29) is 29.4 Å². The Labute approximate surface area is 156 Å². The van der Waals surface area contributed by atoms with Crippen LogP contribution in [0, 0.1) is 16.7 Å². The molecule has 0 bridgehead atoms. The van der Waals surface area contributed by atoms with E-state index in [4.69, 9.17) is 5.11 Å². The molecule has 2 heterocycles. The number of piperidine rings is 1. The van der Waals surface area contributed by atoms with Gasteiger partial charge in [0.2, 0.25) is 5.95 Å². The van der Waals surface area contributed by atoms with Crippen LogP contribution in [0.4, 0.5) is 5.95 Å². The quantitative estimate of drug-likeness (QED) is 0.844. The second-order valence-corrected chi connectivity index (χ2v) is 9.27. The van der Waals surface area contributed by atoms with Crippen LogP contribution in [-0.4, -0.2) is 46.7 Å². The van der Waals surface area contributed by atoms with Gasteiger partial charge in [-0.1, -0.05) is 27.7 Å². The van der Waals surface area contributed by atoms with Gasteiger partial charge >= 0.3 is 0 Å².